The summed E-state index contributed by atoms with van der Waals surface area (Å²) in [5.74, 6) is -1.08. The van der Waals surface area contributed by atoms with E-state index in [1.807, 2.05) is 6.07 Å². The number of carboxylic acid groups (broad SMARTS) is 1. The van der Waals surface area contributed by atoms with Crippen LogP contribution in [0.25, 0.3) is 0 Å². The Hall–Kier alpha value is -2.82. The Morgan fingerprint density at radius 2 is 1.70 bits per heavy atom. The predicted molar refractivity (Wildman–Crippen MR) is 77.2 cm³/mol. The van der Waals surface area contributed by atoms with Gasteiger partial charge in [-0.3, -0.25) is 0 Å². The third-order valence-electron chi connectivity index (χ3n) is 2.69. The Labute approximate surface area is 116 Å². The molecule has 2 rings (SSSR count). The van der Waals surface area contributed by atoms with Crippen LogP contribution in [-0.2, 0) is 0 Å². The van der Waals surface area contributed by atoms with Crippen LogP contribution in [0.2, 0.25) is 0 Å². The van der Waals surface area contributed by atoms with Gasteiger partial charge in [-0.2, -0.15) is 0 Å². The molecular formula is C15H14N2O3. The van der Waals surface area contributed by atoms with E-state index in [1.54, 1.807) is 43.3 Å². The number of benzene rings is 2. The van der Waals surface area contributed by atoms with E-state index in [4.69, 9.17) is 5.11 Å². The van der Waals surface area contributed by atoms with E-state index in [0.717, 1.165) is 5.56 Å². The lowest BCUT2D eigenvalue weighted by Crippen LogP contribution is -2.21. The standard InChI is InChI=1S/C15H14N2O3/c1-10-7-8-13(12(9-10)14(18)19)17-15(20)16-11-5-3-2-4-6-11/h2-9H,1H3,(H,18,19)(H2,16,17,20). The quantitative estimate of drug-likeness (QED) is 0.800. The highest BCUT2D eigenvalue weighted by Gasteiger charge is 2.12. The second-order valence-electron chi connectivity index (χ2n) is 4.30. The van der Waals surface area contributed by atoms with Gasteiger partial charge in [-0.1, -0.05) is 29.8 Å². The lowest BCUT2D eigenvalue weighted by Gasteiger charge is -2.10. The van der Waals surface area contributed by atoms with Crippen molar-refractivity contribution >= 4 is 23.4 Å². The maximum atomic E-state index is 11.8. The normalized spacial score (nSPS) is 9.85. The molecule has 2 aromatic rings. The molecule has 20 heavy (non-hydrogen) atoms. The highest BCUT2D eigenvalue weighted by Crippen LogP contribution is 2.18. The van der Waals surface area contributed by atoms with Crippen LogP contribution in [-0.4, -0.2) is 17.1 Å². The van der Waals surface area contributed by atoms with Gasteiger partial charge in [-0.15, -0.1) is 0 Å². The minimum Gasteiger partial charge on any atom is -0.478 e. The Morgan fingerprint density at radius 1 is 1.00 bits per heavy atom. The Bertz CT molecular complexity index is 639. The van der Waals surface area contributed by atoms with Crippen LogP contribution >= 0.6 is 0 Å². The number of urea groups is 1. The first-order valence-electron chi connectivity index (χ1n) is 6.03. The third-order valence-corrected chi connectivity index (χ3v) is 2.69. The zero-order chi connectivity index (χ0) is 14.5. The van der Waals surface area contributed by atoms with E-state index in [9.17, 15) is 9.59 Å². The minimum atomic E-state index is -1.08. The second-order valence-corrected chi connectivity index (χ2v) is 4.30. The van der Waals surface area contributed by atoms with Crippen molar-refractivity contribution < 1.29 is 14.7 Å². The highest BCUT2D eigenvalue weighted by molar-refractivity contribution is 6.04. The van der Waals surface area contributed by atoms with E-state index >= 15 is 0 Å². The van der Waals surface area contributed by atoms with Gasteiger partial charge >= 0.3 is 12.0 Å². The monoisotopic (exact) mass is 270 g/mol. The number of rotatable bonds is 3. The maximum Gasteiger partial charge on any atom is 0.337 e. The van der Waals surface area contributed by atoms with Gasteiger partial charge in [0.15, 0.2) is 0 Å². The number of hydrogen-bond donors (Lipinski definition) is 3. The highest BCUT2D eigenvalue weighted by atomic mass is 16.4. The number of aromatic carboxylic acids is 1. The number of carboxylic acids is 1. The molecule has 0 unspecified atom stereocenters. The first-order chi connectivity index (χ1) is 9.56. The fraction of sp³-hybridized carbons (Fsp3) is 0.0667. The van der Waals surface area contributed by atoms with Crippen LogP contribution < -0.4 is 10.6 Å². The maximum absolute atomic E-state index is 11.8. The Balaban J connectivity index is 2.14. The van der Waals surface area contributed by atoms with Crippen molar-refractivity contribution in [3.63, 3.8) is 0 Å². The van der Waals surface area contributed by atoms with Crippen molar-refractivity contribution in [3.05, 3.63) is 59.7 Å². The number of amides is 2. The zero-order valence-electron chi connectivity index (χ0n) is 10.9. The van der Waals surface area contributed by atoms with Gasteiger partial charge in [-0.25, -0.2) is 9.59 Å². The molecular weight excluding hydrogens is 256 g/mol. The summed E-state index contributed by atoms with van der Waals surface area (Å²) in [6.45, 7) is 1.79. The molecule has 0 saturated heterocycles. The van der Waals surface area contributed by atoms with Crippen LogP contribution in [0.3, 0.4) is 0 Å². The molecule has 0 bridgehead atoms. The molecule has 0 aliphatic carbocycles. The van der Waals surface area contributed by atoms with Crippen LogP contribution in [0.15, 0.2) is 48.5 Å². The average Bonchev–Trinajstić information content (AvgIpc) is 2.41. The second kappa shape index (κ2) is 5.88. The van der Waals surface area contributed by atoms with Gasteiger partial charge in [0.1, 0.15) is 0 Å². The summed E-state index contributed by atoms with van der Waals surface area (Å²) in [5, 5.41) is 14.3. The molecule has 0 saturated carbocycles. The van der Waals surface area contributed by atoms with Crippen LogP contribution in [0.1, 0.15) is 15.9 Å². The lowest BCUT2D eigenvalue weighted by molar-refractivity contribution is 0.0698. The molecule has 2 aromatic carbocycles. The summed E-state index contributed by atoms with van der Waals surface area (Å²) in [5.41, 5.74) is 1.77. The predicted octanol–water partition coefficient (Wildman–Crippen LogP) is 3.34. The van der Waals surface area contributed by atoms with Gasteiger partial charge in [0.05, 0.1) is 11.3 Å². The molecule has 0 heterocycles. The molecule has 0 spiro atoms. The van der Waals surface area contributed by atoms with Gasteiger partial charge in [0, 0.05) is 5.69 Å². The molecule has 102 valence electrons. The summed E-state index contributed by atoms with van der Waals surface area (Å²) in [7, 11) is 0. The van der Waals surface area contributed by atoms with E-state index in [1.165, 1.54) is 6.07 Å². The van der Waals surface area contributed by atoms with E-state index in [-0.39, 0.29) is 11.3 Å². The van der Waals surface area contributed by atoms with Crippen molar-refractivity contribution in [1.82, 2.24) is 0 Å². The average molecular weight is 270 g/mol. The van der Waals surface area contributed by atoms with Gasteiger partial charge < -0.3 is 15.7 Å². The lowest BCUT2D eigenvalue weighted by atomic mass is 10.1. The van der Waals surface area contributed by atoms with Crippen LogP contribution in [0, 0.1) is 6.92 Å². The fourth-order valence-corrected chi connectivity index (χ4v) is 1.75. The molecule has 5 heteroatoms. The molecule has 0 aliphatic rings. The summed E-state index contributed by atoms with van der Waals surface area (Å²) in [4.78, 5) is 23.0. The largest absolute Gasteiger partial charge is 0.478 e. The Morgan fingerprint density at radius 3 is 2.35 bits per heavy atom. The molecule has 0 atom stereocenters. The van der Waals surface area contributed by atoms with E-state index in [0.29, 0.717) is 5.69 Å². The smallest absolute Gasteiger partial charge is 0.337 e. The minimum absolute atomic E-state index is 0.0632. The molecule has 2 amide bonds. The number of carbonyl (C=O) groups excluding carboxylic acids is 1. The SMILES string of the molecule is Cc1ccc(NC(=O)Nc2ccccc2)c(C(=O)O)c1. The molecule has 5 nitrogen and oxygen atoms in total. The summed E-state index contributed by atoms with van der Waals surface area (Å²) in [6.07, 6.45) is 0. The first-order valence-corrected chi connectivity index (χ1v) is 6.03. The summed E-state index contributed by atoms with van der Waals surface area (Å²) >= 11 is 0. The first kappa shape index (κ1) is 13.6. The van der Waals surface area contributed by atoms with Crippen molar-refractivity contribution in [2.75, 3.05) is 10.6 Å². The molecule has 0 aliphatic heterocycles. The van der Waals surface area contributed by atoms with Gasteiger partial charge in [0.2, 0.25) is 0 Å². The summed E-state index contributed by atoms with van der Waals surface area (Å²) < 4.78 is 0. The molecule has 0 fully saturated rings. The van der Waals surface area contributed by atoms with Crippen LogP contribution in [0.4, 0.5) is 16.2 Å². The molecule has 0 aromatic heterocycles. The number of nitrogens with one attached hydrogen (secondary N) is 2. The Kier molecular flexibility index (Phi) is 4.00. The molecule has 3 N–H and O–H groups in total. The van der Waals surface area contributed by atoms with Crippen molar-refractivity contribution in [1.29, 1.82) is 0 Å². The van der Waals surface area contributed by atoms with Crippen LogP contribution in [0.5, 0.6) is 0 Å². The molecule has 0 radical (unpaired) electrons. The van der Waals surface area contributed by atoms with Crippen molar-refractivity contribution in [3.8, 4) is 0 Å². The van der Waals surface area contributed by atoms with Gasteiger partial charge in [0.25, 0.3) is 0 Å². The van der Waals surface area contributed by atoms with E-state index < -0.39 is 12.0 Å². The number of anilines is 2. The van der Waals surface area contributed by atoms with Gasteiger partial charge in [-0.05, 0) is 31.2 Å². The third kappa shape index (κ3) is 3.35. The van der Waals surface area contributed by atoms with E-state index in [2.05, 4.69) is 10.6 Å². The zero-order valence-corrected chi connectivity index (χ0v) is 10.9. The summed E-state index contributed by atoms with van der Waals surface area (Å²) in [6, 6.07) is 13.3. The number of hydrogen-bond acceptors (Lipinski definition) is 2. The fourth-order valence-electron chi connectivity index (χ4n) is 1.75. The number of carbonyl (C=O) groups is 2. The van der Waals surface area contributed by atoms with Crippen molar-refractivity contribution in [2.24, 2.45) is 0 Å². The number of para-hydroxylation sites is 1. The topological polar surface area (TPSA) is 78.4 Å². The number of aryl methyl sites for hydroxylation is 1. The van der Waals surface area contributed by atoms with Crippen molar-refractivity contribution in [2.45, 2.75) is 6.92 Å².